The van der Waals surface area contributed by atoms with Gasteiger partial charge >= 0.3 is 5.00 Å². The third-order valence-corrected chi connectivity index (χ3v) is 4.16. The molecule has 1 atom stereocenters. The molecule has 94 valence electrons. The van der Waals surface area contributed by atoms with E-state index in [1.807, 2.05) is 5.38 Å². The molecular weight excluding hydrogens is 238 g/mol. The molecule has 1 aromatic rings. The summed E-state index contributed by atoms with van der Waals surface area (Å²) in [5.74, 6) is 0. The van der Waals surface area contributed by atoms with Gasteiger partial charge in [0.15, 0.2) is 0 Å². The Hall–Kier alpha value is -0.980. The van der Waals surface area contributed by atoms with E-state index in [-0.39, 0.29) is 9.92 Å². The third kappa shape index (κ3) is 3.02. The van der Waals surface area contributed by atoms with Crippen LogP contribution < -0.4 is 5.73 Å². The first-order chi connectivity index (χ1) is 8.20. The van der Waals surface area contributed by atoms with E-state index in [0.29, 0.717) is 12.6 Å². The minimum atomic E-state index is -0.329. The molecule has 1 saturated heterocycles. The molecular formula is C11H17N3O2S. The van der Waals surface area contributed by atoms with Crippen molar-refractivity contribution < 1.29 is 4.92 Å². The topological polar surface area (TPSA) is 72.4 Å². The third-order valence-electron chi connectivity index (χ3n) is 3.23. The molecule has 1 aliphatic heterocycles. The quantitative estimate of drug-likeness (QED) is 0.659. The van der Waals surface area contributed by atoms with Crippen LogP contribution in [0.1, 0.15) is 24.8 Å². The number of thiophene rings is 1. The van der Waals surface area contributed by atoms with Crippen LogP contribution in [-0.4, -0.2) is 29.0 Å². The fraction of sp³-hybridized carbons (Fsp3) is 0.636. The van der Waals surface area contributed by atoms with Gasteiger partial charge in [0.25, 0.3) is 0 Å². The Morgan fingerprint density at radius 2 is 2.41 bits per heavy atom. The van der Waals surface area contributed by atoms with Crippen LogP contribution in [0.3, 0.4) is 0 Å². The molecule has 0 aromatic carbocycles. The van der Waals surface area contributed by atoms with Gasteiger partial charge in [-0.1, -0.05) is 17.8 Å². The molecule has 1 unspecified atom stereocenters. The highest BCUT2D eigenvalue weighted by molar-refractivity contribution is 7.13. The molecule has 1 aromatic heterocycles. The Morgan fingerprint density at radius 1 is 1.59 bits per heavy atom. The number of piperidine rings is 1. The van der Waals surface area contributed by atoms with Gasteiger partial charge in [-0.15, -0.1) is 0 Å². The Balaban J connectivity index is 2.00. The van der Waals surface area contributed by atoms with Gasteiger partial charge in [-0.25, -0.2) is 0 Å². The maximum Gasteiger partial charge on any atom is 0.324 e. The van der Waals surface area contributed by atoms with E-state index in [0.717, 1.165) is 25.1 Å². The first kappa shape index (κ1) is 12.5. The van der Waals surface area contributed by atoms with E-state index in [9.17, 15) is 10.1 Å². The van der Waals surface area contributed by atoms with Gasteiger partial charge in [-0.3, -0.25) is 15.0 Å². The summed E-state index contributed by atoms with van der Waals surface area (Å²) in [6, 6.07) is 2.11. The first-order valence-corrected chi connectivity index (χ1v) is 6.74. The summed E-state index contributed by atoms with van der Waals surface area (Å²) in [5.41, 5.74) is 6.78. The number of rotatable bonds is 4. The fourth-order valence-corrected chi connectivity index (χ4v) is 3.03. The zero-order chi connectivity index (χ0) is 12.3. The summed E-state index contributed by atoms with van der Waals surface area (Å²) in [4.78, 5) is 12.6. The highest BCUT2D eigenvalue weighted by Gasteiger charge is 2.22. The highest BCUT2D eigenvalue weighted by Crippen LogP contribution is 2.25. The Labute approximate surface area is 104 Å². The number of nitrogens with two attached hydrogens (primary N) is 1. The van der Waals surface area contributed by atoms with Crippen molar-refractivity contribution in [1.82, 2.24) is 4.90 Å². The predicted octanol–water partition coefficient (Wildman–Crippen LogP) is 1.97. The van der Waals surface area contributed by atoms with Gasteiger partial charge in [-0.2, -0.15) is 0 Å². The minimum absolute atomic E-state index is 0.223. The van der Waals surface area contributed by atoms with Crippen LogP contribution >= 0.6 is 11.3 Å². The van der Waals surface area contributed by atoms with Crippen molar-refractivity contribution >= 4 is 16.3 Å². The van der Waals surface area contributed by atoms with Crippen LogP contribution in [0.2, 0.25) is 0 Å². The van der Waals surface area contributed by atoms with E-state index < -0.39 is 0 Å². The van der Waals surface area contributed by atoms with E-state index in [2.05, 4.69) is 4.90 Å². The second-order valence-corrected chi connectivity index (χ2v) is 5.30. The predicted molar refractivity (Wildman–Crippen MR) is 68.1 cm³/mol. The summed E-state index contributed by atoms with van der Waals surface area (Å²) < 4.78 is 0. The molecule has 2 heterocycles. The lowest BCUT2D eigenvalue weighted by Crippen LogP contribution is -2.43. The van der Waals surface area contributed by atoms with Gasteiger partial charge in [0.1, 0.15) is 0 Å². The average Bonchev–Trinajstić information content (AvgIpc) is 2.78. The van der Waals surface area contributed by atoms with Gasteiger partial charge in [0.2, 0.25) is 0 Å². The molecule has 0 amide bonds. The molecule has 0 spiro atoms. The molecule has 1 aliphatic rings. The molecule has 2 rings (SSSR count). The van der Waals surface area contributed by atoms with E-state index in [1.165, 1.54) is 24.2 Å². The van der Waals surface area contributed by atoms with Crippen LogP contribution in [0.5, 0.6) is 0 Å². The first-order valence-electron chi connectivity index (χ1n) is 5.86. The lowest BCUT2D eigenvalue weighted by Gasteiger charge is -2.34. The zero-order valence-electron chi connectivity index (χ0n) is 9.67. The number of hydrogen-bond acceptors (Lipinski definition) is 5. The summed E-state index contributed by atoms with van der Waals surface area (Å²) in [6.45, 7) is 2.50. The number of nitro groups is 1. The van der Waals surface area contributed by atoms with Crippen molar-refractivity contribution in [3.63, 3.8) is 0 Å². The van der Waals surface area contributed by atoms with Crippen molar-refractivity contribution in [3.8, 4) is 0 Å². The summed E-state index contributed by atoms with van der Waals surface area (Å²) in [7, 11) is 0. The van der Waals surface area contributed by atoms with Crippen molar-refractivity contribution in [2.24, 2.45) is 5.73 Å². The second kappa shape index (κ2) is 5.57. The zero-order valence-corrected chi connectivity index (χ0v) is 10.5. The SMILES string of the molecule is NCC1CCCCN1Cc1csc([N+](=O)[O-])c1. The highest BCUT2D eigenvalue weighted by atomic mass is 32.1. The van der Waals surface area contributed by atoms with Gasteiger partial charge < -0.3 is 5.73 Å². The number of likely N-dealkylation sites (tertiary alicyclic amines) is 1. The van der Waals surface area contributed by atoms with Crippen molar-refractivity contribution in [2.45, 2.75) is 31.8 Å². The summed E-state index contributed by atoms with van der Waals surface area (Å²) in [6.07, 6.45) is 3.58. The van der Waals surface area contributed by atoms with E-state index in [4.69, 9.17) is 5.73 Å². The van der Waals surface area contributed by atoms with Crippen molar-refractivity contribution in [2.75, 3.05) is 13.1 Å². The lowest BCUT2D eigenvalue weighted by molar-refractivity contribution is -0.380. The second-order valence-electron chi connectivity index (χ2n) is 4.41. The summed E-state index contributed by atoms with van der Waals surface area (Å²) in [5, 5.41) is 12.7. The molecule has 2 N–H and O–H groups in total. The monoisotopic (exact) mass is 255 g/mol. The summed E-state index contributed by atoms with van der Waals surface area (Å²) >= 11 is 1.20. The van der Waals surface area contributed by atoms with E-state index in [1.54, 1.807) is 6.07 Å². The molecule has 5 nitrogen and oxygen atoms in total. The van der Waals surface area contributed by atoms with Crippen LogP contribution in [0, 0.1) is 10.1 Å². The molecule has 0 aliphatic carbocycles. The molecule has 6 heteroatoms. The smallest absolute Gasteiger partial charge is 0.324 e. The van der Waals surface area contributed by atoms with Crippen LogP contribution in [-0.2, 0) is 6.54 Å². The largest absolute Gasteiger partial charge is 0.329 e. The van der Waals surface area contributed by atoms with Crippen molar-refractivity contribution in [1.29, 1.82) is 0 Å². The van der Waals surface area contributed by atoms with Crippen LogP contribution in [0.15, 0.2) is 11.4 Å². The maximum atomic E-state index is 10.6. The Kier molecular flexibility index (Phi) is 4.09. The number of hydrogen-bond donors (Lipinski definition) is 1. The fourth-order valence-electron chi connectivity index (χ4n) is 2.31. The molecule has 1 fully saturated rings. The maximum absolute atomic E-state index is 10.6. The molecule has 17 heavy (non-hydrogen) atoms. The van der Waals surface area contributed by atoms with Gasteiger partial charge in [-0.05, 0) is 24.9 Å². The number of nitrogens with zero attached hydrogens (tertiary/aromatic N) is 2. The lowest BCUT2D eigenvalue weighted by atomic mass is 10.0. The normalized spacial score (nSPS) is 21.6. The van der Waals surface area contributed by atoms with E-state index >= 15 is 0 Å². The molecule has 0 saturated carbocycles. The average molecular weight is 255 g/mol. The van der Waals surface area contributed by atoms with Gasteiger partial charge in [0, 0.05) is 30.6 Å². The molecule has 0 radical (unpaired) electrons. The van der Waals surface area contributed by atoms with Crippen LogP contribution in [0.4, 0.5) is 5.00 Å². The minimum Gasteiger partial charge on any atom is -0.329 e. The molecule has 0 bridgehead atoms. The standard InChI is InChI=1S/C11H17N3O2S/c12-6-10-3-1-2-4-13(10)7-9-5-11(14(15)16)17-8-9/h5,8,10H,1-4,6-7,12H2. The Morgan fingerprint density at radius 3 is 3.06 bits per heavy atom. The Bertz CT molecular complexity index is 394. The van der Waals surface area contributed by atoms with Crippen LogP contribution in [0.25, 0.3) is 0 Å². The van der Waals surface area contributed by atoms with Gasteiger partial charge in [0.05, 0.1) is 4.92 Å². The van der Waals surface area contributed by atoms with Crippen molar-refractivity contribution in [3.05, 3.63) is 27.1 Å².